The predicted molar refractivity (Wildman–Crippen MR) is 95.2 cm³/mol. The van der Waals surface area contributed by atoms with Gasteiger partial charge in [0, 0.05) is 12.2 Å². The summed E-state index contributed by atoms with van der Waals surface area (Å²) < 4.78 is 10.4. The lowest BCUT2D eigenvalue weighted by atomic mass is 10.1. The van der Waals surface area contributed by atoms with E-state index in [0.29, 0.717) is 16.6 Å². The Kier molecular flexibility index (Phi) is 6.19. The number of benzene rings is 2. The Balaban J connectivity index is 1.91. The van der Waals surface area contributed by atoms with Crippen molar-refractivity contribution in [1.29, 1.82) is 0 Å². The summed E-state index contributed by atoms with van der Waals surface area (Å²) in [5, 5.41) is 16.8. The van der Waals surface area contributed by atoms with Crippen LogP contribution in [0.2, 0.25) is 0 Å². The second-order valence-electron chi connectivity index (χ2n) is 4.83. The minimum Gasteiger partial charge on any atom is -0.493 e. The van der Waals surface area contributed by atoms with Gasteiger partial charge in [0.25, 0.3) is 0 Å². The van der Waals surface area contributed by atoms with Crippen molar-refractivity contribution in [3.05, 3.63) is 54.1 Å². The van der Waals surface area contributed by atoms with Crippen molar-refractivity contribution < 1.29 is 14.6 Å². The van der Waals surface area contributed by atoms with Gasteiger partial charge in [0.15, 0.2) is 16.6 Å². The van der Waals surface area contributed by atoms with Crippen LogP contribution in [0.25, 0.3) is 0 Å². The molecule has 122 valence electrons. The molecular formula is C17H20N2O3S. The summed E-state index contributed by atoms with van der Waals surface area (Å²) in [5.41, 5.74) is 1.61. The Bertz CT molecular complexity index is 650. The number of aliphatic hydroxyl groups excluding tert-OH is 1. The first-order valence-corrected chi connectivity index (χ1v) is 7.54. The fourth-order valence-corrected chi connectivity index (χ4v) is 2.27. The van der Waals surface area contributed by atoms with Crippen LogP contribution in [0.1, 0.15) is 11.7 Å². The molecule has 0 heterocycles. The molecule has 0 spiro atoms. The van der Waals surface area contributed by atoms with Crippen LogP contribution in [0.3, 0.4) is 0 Å². The first kappa shape index (κ1) is 17.1. The summed E-state index contributed by atoms with van der Waals surface area (Å²) in [7, 11) is 3.13. The molecule has 2 aromatic rings. The van der Waals surface area contributed by atoms with Gasteiger partial charge in [-0.05, 0) is 42.0 Å². The number of hydrogen-bond donors (Lipinski definition) is 3. The molecule has 0 aliphatic heterocycles. The Morgan fingerprint density at radius 1 is 1.09 bits per heavy atom. The van der Waals surface area contributed by atoms with E-state index in [9.17, 15) is 5.11 Å². The molecule has 2 aromatic carbocycles. The number of rotatable bonds is 6. The van der Waals surface area contributed by atoms with Gasteiger partial charge in [-0.15, -0.1) is 0 Å². The van der Waals surface area contributed by atoms with Crippen molar-refractivity contribution in [1.82, 2.24) is 5.32 Å². The summed E-state index contributed by atoms with van der Waals surface area (Å²) in [6.45, 7) is 0.286. The molecule has 0 aliphatic rings. The number of methoxy groups -OCH3 is 2. The molecule has 1 unspecified atom stereocenters. The third-order valence-electron chi connectivity index (χ3n) is 3.28. The SMILES string of the molecule is COc1ccc(C(O)CNC(=S)Nc2ccccc2)cc1OC. The molecule has 6 heteroatoms. The first-order valence-electron chi connectivity index (χ1n) is 7.14. The summed E-state index contributed by atoms with van der Waals surface area (Å²) in [6, 6.07) is 14.9. The standard InChI is InChI=1S/C17H20N2O3S/c1-21-15-9-8-12(10-16(15)22-2)14(20)11-18-17(23)19-13-6-4-3-5-7-13/h3-10,14,20H,11H2,1-2H3,(H2,18,19,23). The lowest BCUT2D eigenvalue weighted by Gasteiger charge is -2.16. The largest absolute Gasteiger partial charge is 0.493 e. The monoisotopic (exact) mass is 332 g/mol. The van der Waals surface area contributed by atoms with Crippen molar-refractivity contribution in [2.45, 2.75) is 6.10 Å². The minimum atomic E-state index is -0.717. The molecule has 0 radical (unpaired) electrons. The highest BCUT2D eigenvalue weighted by atomic mass is 32.1. The van der Waals surface area contributed by atoms with Crippen LogP contribution in [-0.2, 0) is 0 Å². The number of para-hydroxylation sites is 1. The Morgan fingerprint density at radius 2 is 1.78 bits per heavy atom. The highest BCUT2D eigenvalue weighted by Crippen LogP contribution is 2.29. The van der Waals surface area contributed by atoms with E-state index in [4.69, 9.17) is 21.7 Å². The summed E-state index contributed by atoms with van der Waals surface area (Å²) in [6.07, 6.45) is -0.717. The van der Waals surface area contributed by atoms with Gasteiger partial charge in [-0.1, -0.05) is 24.3 Å². The average molecular weight is 332 g/mol. The van der Waals surface area contributed by atoms with E-state index in [0.717, 1.165) is 11.3 Å². The van der Waals surface area contributed by atoms with Gasteiger partial charge in [0.05, 0.1) is 20.3 Å². The van der Waals surface area contributed by atoms with Crippen LogP contribution in [0.15, 0.2) is 48.5 Å². The molecule has 0 aromatic heterocycles. The van der Waals surface area contributed by atoms with Crippen molar-refractivity contribution in [3.63, 3.8) is 0 Å². The lowest BCUT2D eigenvalue weighted by molar-refractivity contribution is 0.181. The lowest BCUT2D eigenvalue weighted by Crippen LogP contribution is -2.32. The number of hydrogen-bond acceptors (Lipinski definition) is 4. The fourth-order valence-electron chi connectivity index (χ4n) is 2.06. The van der Waals surface area contributed by atoms with Gasteiger partial charge in [-0.2, -0.15) is 0 Å². The number of thiocarbonyl (C=S) groups is 1. The molecule has 3 N–H and O–H groups in total. The van der Waals surface area contributed by atoms with E-state index >= 15 is 0 Å². The van der Waals surface area contributed by atoms with Crippen LogP contribution in [0, 0.1) is 0 Å². The molecule has 0 aliphatic carbocycles. The van der Waals surface area contributed by atoms with Gasteiger partial charge in [-0.3, -0.25) is 0 Å². The number of nitrogens with one attached hydrogen (secondary N) is 2. The van der Waals surface area contributed by atoms with Crippen molar-refractivity contribution in [2.75, 3.05) is 26.1 Å². The van der Waals surface area contributed by atoms with Gasteiger partial charge >= 0.3 is 0 Å². The molecule has 2 rings (SSSR count). The molecule has 0 bridgehead atoms. The molecular weight excluding hydrogens is 312 g/mol. The number of anilines is 1. The van der Waals surface area contributed by atoms with Crippen LogP contribution in [0.4, 0.5) is 5.69 Å². The highest BCUT2D eigenvalue weighted by Gasteiger charge is 2.12. The van der Waals surface area contributed by atoms with Crippen molar-refractivity contribution in [3.8, 4) is 11.5 Å². The maximum Gasteiger partial charge on any atom is 0.170 e. The quantitative estimate of drug-likeness (QED) is 0.707. The van der Waals surface area contributed by atoms with Gasteiger partial charge < -0.3 is 25.2 Å². The predicted octanol–water partition coefficient (Wildman–Crippen LogP) is 2.72. The molecule has 0 saturated carbocycles. The maximum absolute atomic E-state index is 10.3. The maximum atomic E-state index is 10.3. The van der Waals surface area contributed by atoms with E-state index in [2.05, 4.69) is 10.6 Å². The Hall–Kier alpha value is -2.31. The zero-order valence-corrected chi connectivity index (χ0v) is 13.9. The summed E-state index contributed by atoms with van der Waals surface area (Å²) >= 11 is 5.21. The van der Waals surface area contributed by atoms with Crippen LogP contribution in [-0.4, -0.2) is 31.0 Å². The zero-order valence-electron chi connectivity index (χ0n) is 13.1. The van der Waals surface area contributed by atoms with E-state index in [1.165, 1.54) is 0 Å². The normalized spacial score (nSPS) is 11.4. The van der Waals surface area contributed by atoms with Crippen molar-refractivity contribution >= 4 is 23.0 Å². The van der Waals surface area contributed by atoms with Gasteiger partial charge in [0.2, 0.25) is 0 Å². The van der Waals surface area contributed by atoms with E-state index in [-0.39, 0.29) is 6.54 Å². The topological polar surface area (TPSA) is 62.8 Å². The van der Waals surface area contributed by atoms with Gasteiger partial charge in [-0.25, -0.2) is 0 Å². The van der Waals surface area contributed by atoms with Crippen LogP contribution >= 0.6 is 12.2 Å². The third-order valence-corrected chi connectivity index (χ3v) is 3.53. The second kappa shape index (κ2) is 8.36. The van der Waals surface area contributed by atoms with E-state index in [1.807, 2.05) is 30.3 Å². The smallest absolute Gasteiger partial charge is 0.170 e. The highest BCUT2D eigenvalue weighted by molar-refractivity contribution is 7.80. The molecule has 0 saturated heterocycles. The molecule has 1 atom stereocenters. The van der Waals surface area contributed by atoms with Crippen LogP contribution in [0.5, 0.6) is 11.5 Å². The third kappa shape index (κ3) is 4.84. The Morgan fingerprint density at radius 3 is 2.43 bits per heavy atom. The van der Waals surface area contributed by atoms with Crippen molar-refractivity contribution in [2.24, 2.45) is 0 Å². The average Bonchev–Trinajstić information content (AvgIpc) is 2.59. The molecule has 5 nitrogen and oxygen atoms in total. The molecule has 0 fully saturated rings. The van der Waals surface area contributed by atoms with Gasteiger partial charge in [0.1, 0.15) is 0 Å². The fraction of sp³-hybridized carbons (Fsp3) is 0.235. The second-order valence-corrected chi connectivity index (χ2v) is 5.24. The molecule has 0 amide bonds. The zero-order chi connectivity index (χ0) is 16.7. The molecule has 23 heavy (non-hydrogen) atoms. The number of aliphatic hydroxyl groups is 1. The summed E-state index contributed by atoms with van der Waals surface area (Å²) in [5.74, 6) is 1.20. The summed E-state index contributed by atoms with van der Waals surface area (Å²) in [4.78, 5) is 0. The number of ether oxygens (including phenoxy) is 2. The first-order chi connectivity index (χ1) is 11.1. The van der Waals surface area contributed by atoms with E-state index in [1.54, 1.807) is 32.4 Å². The van der Waals surface area contributed by atoms with Crippen LogP contribution < -0.4 is 20.1 Å². The van der Waals surface area contributed by atoms with E-state index < -0.39 is 6.10 Å². The minimum absolute atomic E-state index is 0.286. The Labute approximate surface area is 141 Å².